The number of nitrogens with zero attached hydrogens (tertiary/aromatic N) is 1. The molecular formula is C28H28N2O. The van der Waals surface area contributed by atoms with Crippen molar-refractivity contribution in [3.63, 3.8) is 0 Å². The fraction of sp³-hybridized carbons (Fsp3) is 0.250. The number of rotatable bonds is 6. The minimum absolute atomic E-state index is 0.316. The number of ether oxygens (including phenoxy) is 1. The minimum Gasteiger partial charge on any atom is -0.493 e. The molecule has 3 aromatic carbocycles. The first kappa shape index (κ1) is 19.6. The van der Waals surface area contributed by atoms with Gasteiger partial charge in [-0.1, -0.05) is 61.5 Å². The second kappa shape index (κ2) is 8.81. The van der Waals surface area contributed by atoms with E-state index in [0.29, 0.717) is 24.5 Å². The highest BCUT2D eigenvalue weighted by Crippen LogP contribution is 2.49. The van der Waals surface area contributed by atoms with E-state index in [2.05, 4.69) is 72.9 Å². The lowest BCUT2D eigenvalue weighted by molar-refractivity contribution is 0.317. The summed E-state index contributed by atoms with van der Waals surface area (Å²) < 4.78 is 5.84. The van der Waals surface area contributed by atoms with Crippen LogP contribution in [-0.4, -0.2) is 12.8 Å². The lowest BCUT2D eigenvalue weighted by Gasteiger charge is -2.37. The van der Waals surface area contributed by atoms with Crippen molar-refractivity contribution < 1.29 is 4.74 Å². The number of hydrogen-bond acceptors (Lipinski definition) is 3. The van der Waals surface area contributed by atoms with Crippen LogP contribution < -0.4 is 10.1 Å². The first-order valence-corrected chi connectivity index (χ1v) is 11.2. The van der Waals surface area contributed by atoms with Gasteiger partial charge in [0.1, 0.15) is 5.75 Å². The molecule has 1 N–H and O–H groups in total. The van der Waals surface area contributed by atoms with Crippen molar-refractivity contribution in [2.45, 2.75) is 31.7 Å². The smallest absolute Gasteiger partial charge is 0.128 e. The first-order chi connectivity index (χ1) is 15.3. The maximum absolute atomic E-state index is 5.84. The van der Waals surface area contributed by atoms with Crippen molar-refractivity contribution in [3.8, 4) is 5.75 Å². The summed E-state index contributed by atoms with van der Waals surface area (Å²) in [6, 6.07) is 25.7. The van der Waals surface area contributed by atoms with Gasteiger partial charge in [0.2, 0.25) is 0 Å². The molecule has 0 saturated heterocycles. The van der Waals surface area contributed by atoms with E-state index in [1.54, 1.807) is 0 Å². The third kappa shape index (κ3) is 4.00. The predicted molar refractivity (Wildman–Crippen MR) is 129 cm³/mol. The Morgan fingerprint density at radius 2 is 1.81 bits per heavy atom. The van der Waals surface area contributed by atoms with E-state index in [1.165, 1.54) is 16.8 Å². The van der Waals surface area contributed by atoms with Gasteiger partial charge in [-0.2, -0.15) is 0 Å². The predicted octanol–water partition coefficient (Wildman–Crippen LogP) is 7.05. The van der Waals surface area contributed by atoms with Crippen LogP contribution in [0.4, 0.5) is 11.4 Å². The summed E-state index contributed by atoms with van der Waals surface area (Å²) in [6.45, 7) is 2.83. The molecule has 1 aliphatic heterocycles. The van der Waals surface area contributed by atoms with Gasteiger partial charge >= 0.3 is 0 Å². The van der Waals surface area contributed by atoms with Crippen LogP contribution >= 0.6 is 0 Å². The Bertz CT molecular complexity index is 1100. The van der Waals surface area contributed by atoms with E-state index < -0.39 is 0 Å². The van der Waals surface area contributed by atoms with Crippen LogP contribution in [0.25, 0.3) is 0 Å². The molecule has 0 aromatic heterocycles. The van der Waals surface area contributed by atoms with Gasteiger partial charge in [-0.15, -0.1) is 0 Å². The number of anilines is 1. The zero-order valence-electron chi connectivity index (χ0n) is 17.9. The van der Waals surface area contributed by atoms with Crippen molar-refractivity contribution >= 4 is 17.6 Å². The van der Waals surface area contributed by atoms with Gasteiger partial charge in [-0.3, -0.25) is 4.99 Å². The van der Waals surface area contributed by atoms with E-state index >= 15 is 0 Å². The van der Waals surface area contributed by atoms with Crippen molar-refractivity contribution in [1.82, 2.24) is 0 Å². The summed E-state index contributed by atoms with van der Waals surface area (Å²) >= 11 is 0. The zero-order chi connectivity index (χ0) is 21.0. The molecular weight excluding hydrogens is 380 g/mol. The molecule has 5 rings (SSSR count). The molecule has 0 radical (unpaired) electrons. The summed E-state index contributed by atoms with van der Waals surface area (Å²) in [4.78, 5) is 4.70. The number of allylic oxidation sites excluding steroid dienone is 2. The second-order valence-electron chi connectivity index (χ2n) is 8.30. The van der Waals surface area contributed by atoms with Crippen LogP contribution in [-0.2, 0) is 0 Å². The Morgan fingerprint density at radius 3 is 2.68 bits per heavy atom. The van der Waals surface area contributed by atoms with Crippen LogP contribution in [0.15, 0.2) is 89.9 Å². The maximum atomic E-state index is 5.84. The van der Waals surface area contributed by atoms with Crippen LogP contribution in [0.2, 0.25) is 0 Å². The number of benzene rings is 3. The Hall–Kier alpha value is -3.33. The third-order valence-corrected chi connectivity index (χ3v) is 6.26. The molecule has 3 heteroatoms. The van der Waals surface area contributed by atoms with Crippen molar-refractivity contribution in [1.29, 1.82) is 0 Å². The van der Waals surface area contributed by atoms with Gasteiger partial charge in [0.15, 0.2) is 0 Å². The van der Waals surface area contributed by atoms with Gasteiger partial charge < -0.3 is 10.1 Å². The average molecular weight is 409 g/mol. The summed E-state index contributed by atoms with van der Waals surface area (Å²) in [6.07, 6.45) is 8.72. The molecule has 1 aliphatic carbocycles. The van der Waals surface area contributed by atoms with Gasteiger partial charge in [-0.05, 0) is 60.2 Å². The van der Waals surface area contributed by atoms with Crippen LogP contribution in [0.5, 0.6) is 5.75 Å². The number of para-hydroxylation sites is 2. The number of nitrogens with one attached hydrogen (secondary N) is 1. The Kier molecular flexibility index (Phi) is 5.57. The lowest BCUT2D eigenvalue weighted by atomic mass is 9.77. The molecule has 0 saturated carbocycles. The number of aliphatic imine (C=N–C) groups is 1. The highest BCUT2D eigenvalue weighted by atomic mass is 16.5. The van der Waals surface area contributed by atoms with E-state index in [1.807, 2.05) is 30.5 Å². The molecule has 3 aromatic rings. The standard InChI is InChI=1S/C28H28N2O/c1-2-18-31-27-13-6-3-8-21(27)19-29-22-16-14-20(15-17-22)28-25-11-7-10-23(25)24-9-4-5-12-26(24)30-28/h3-10,12-17,19,23,25,28,30H,2,11,18H2,1H3/t23-,25+,28-/m0/s1. The normalized spacial score (nSPS) is 21.5. The molecule has 1 heterocycles. The zero-order valence-corrected chi connectivity index (χ0v) is 17.9. The number of fused-ring (bicyclic) bond motifs is 3. The lowest BCUT2D eigenvalue weighted by Crippen LogP contribution is -2.28. The second-order valence-corrected chi connectivity index (χ2v) is 8.30. The molecule has 0 bridgehead atoms. The fourth-order valence-electron chi connectivity index (χ4n) is 4.72. The largest absolute Gasteiger partial charge is 0.493 e. The topological polar surface area (TPSA) is 33.6 Å². The summed E-state index contributed by atoms with van der Waals surface area (Å²) in [5.41, 5.74) is 5.95. The highest BCUT2D eigenvalue weighted by molar-refractivity contribution is 5.85. The monoisotopic (exact) mass is 408 g/mol. The van der Waals surface area contributed by atoms with Crippen molar-refractivity contribution in [2.24, 2.45) is 10.9 Å². The molecule has 0 fully saturated rings. The van der Waals surface area contributed by atoms with Crippen molar-refractivity contribution in [2.75, 3.05) is 11.9 Å². The van der Waals surface area contributed by atoms with E-state index in [0.717, 1.165) is 29.8 Å². The first-order valence-electron chi connectivity index (χ1n) is 11.2. The molecule has 2 aliphatic rings. The van der Waals surface area contributed by atoms with Gasteiger partial charge in [-0.25, -0.2) is 0 Å². The van der Waals surface area contributed by atoms with Gasteiger partial charge in [0, 0.05) is 23.4 Å². The van der Waals surface area contributed by atoms with E-state index in [-0.39, 0.29) is 0 Å². The molecule has 156 valence electrons. The van der Waals surface area contributed by atoms with Gasteiger partial charge in [0.05, 0.1) is 18.3 Å². The number of hydrogen-bond donors (Lipinski definition) is 1. The summed E-state index contributed by atoms with van der Waals surface area (Å²) in [5, 5.41) is 3.79. The summed E-state index contributed by atoms with van der Waals surface area (Å²) in [5.74, 6) is 1.95. The Labute approximate surface area is 184 Å². The third-order valence-electron chi connectivity index (χ3n) is 6.26. The van der Waals surface area contributed by atoms with E-state index in [4.69, 9.17) is 9.73 Å². The quantitative estimate of drug-likeness (QED) is 0.350. The van der Waals surface area contributed by atoms with Crippen molar-refractivity contribution in [3.05, 3.63) is 102 Å². The molecule has 3 atom stereocenters. The highest BCUT2D eigenvalue weighted by Gasteiger charge is 2.37. The van der Waals surface area contributed by atoms with Crippen LogP contribution in [0.1, 0.15) is 48.4 Å². The molecule has 0 spiro atoms. The molecule has 0 unspecified atom stereocenters. The molecule has 3 nitrogen and oxygen atoms in total. The molecule has 0 amide bonds. The average Bonchev–Trinajstić information content (AvgIpc) is 3.32. The SMILES string of the molecule is CCCOc1ccccc1C=Nc1ccc([C@@H]2Nc3ccccc3[C@@H]3C=CC[C@H]32)cc1. The molecule has 31 heavy (non-hydrogen) atoms. The fourth-order valence-corrected chi connectivity index (χ4v) is 4.72. The Balaban J connectivity index is 1.35. The summed E-state index contributed by atoms with van der Waals surface area (Å²) in [7, 11) is 0. The Morgan fingerprint density at radius 1 is 1.00 bits per heavy atom. The maximum Gasteiger partial charge on any atom is 0.128 e. The van der Waals surface area contributed by atoms with Crippen LogP contribution in [0, 0.1) is 5.92 Å². The van der Waals surface area contributed by atoms with E-state index in [9.17, 15) is 0 Å². The minimum atomic E-state index is 0.316. The van der Waals surface area contributed by atoms with Crippen LogP contribution in [0.3, 0.4) is 0 Å². The van der Waals surface area contributed by atoms with Gasteiger partial charge in [0.25, 0.3) is 0 Å².